The van der Waals surface area contributed by atoms with Gasteiger partial charge in [-0.3, -0.25) is 0 Å². The number of carboxylic acids is 1. The van der Waals surface area contributed by atoms with E-state index in [1.807, 2.05) is 12.2 Å². The molecule has 0 fully saturated rings. The van der Waals surface area contributed by atoms with Gasteiger partial charge >= 0.3 is 5.97 Å². The molecule has 0 aliphatic rings. The van der Waals surface area contributed by atoms with Crippen molar-refractivity contribution in [1.29, 1.82) is 0 Å². The van der Waals surface area contributed by atoms with E-state index >= 15 is 0 Å². The van der Waals surface area contributed by atoms with E-state index in [1.165, 1.54) is 6.08 Å². The highest BCUT2D eigenvalue weighted by molar-refractivity contribution is 5.80. The minimum Gasteiger partial charge on any atom is -0.478 e. The molecule has 0 spiro atoms. The van der Waals surface area contributed by atoms with Crippen LogP contribution in [0.5, 0.6) is 0 Å². The van der Waals surface area contributed by atoms with Crippen molar-refractivity contribution in [2.24, 2.45) is 0 Å². The SMILES string of the molecule is CC/C=C/C/C=C/C=C/C(=O)O. The van der Waals surface area contributed by atoms with Crippen LogP contribution in [0.3, 0.4) is 0 Å². The standard InChI is InChI=1S/C10H14O2/c1-2-3-4-5-6-7-8-9-10(11)12/h3-4,6-9H,2,5H2,1H3,(H,11,12)/b4-3+,7-6+,9-8+. The predicted octanol–water partition coefficient (Wildman–Crippen LogP) is 2.54. The van der Waals surface area contributed by atoms with E-state index in [2.05, 4.69) is 13.0 Å². The van der Waals surface area contributed by atoms with Gasteiger partial charge in [-0.05, 0) is 12.8 Å². The van der Waals surface area contributed by atoms with Crippen LogP contribution in [0.15, 0.2) is 36.5 Å². The normalized spacial score (nSPS) is 12.1. The molecular formula is C10H14O2. The molecule has 0 saturated heterocycles. The first-order valence-corrected chi connectivity index (χ1v) is 3.98. The second-order valence-electron chi connectivity index (χ2n) is 2.24. The Morgan fingerprint density at radius 3 is 2.58 bits per heavy atom. The lowest BCUT2D eigenvalue weighted by atomic mass is 10.3. The second-order valence-corrected chi connectivity index (χ2v) is 2.24. The zero-order valence-corrected chi connectivity index (χ0v) is 7.23. The molecule has 0 radical (unpaired) electrons. The van der Waals surface area contributed by atoms with Gasteiger partial charge in [0.25, 0.3) is 0 Å². The maximum absolute atomic E-state index is 10.00. The van der Waals surface area contributed by atoms with Gasteiger partial charge in [-0.15, -0.1) is 0 Å². The molecule has 0 rings (SSSR count). The number of hydrogen-bond donors (Lipinski definition) is 1. The molecule has 0 bridgehead atoms. The number of allylic oxidation sites excluding steroid dienone is 5. The average molecular weight is 166 g/mol. The second kappa shape index (κ2) is 7.79. The summed E-state index contributed by atoms with van der Waals surface area (Å²) < 4.78 is 0. The summed E-state index contributed by atoms with van der Waals surface area (Å²) >= 11 is 0. The molecule has 0 amide bonds. The maximum Gasteiger partial charge on any atom is 0.328 e. The van der Waals surface area contributed by atoms with E-state index in [0.29, 0.717) is 0 Å². The highest BCUT2D eigenvalue weighted by Gasteiger charge is 1.79. The average Bonchev–Trinajstić information content (AvgIpc) is 2.02. The van der Waals surface area contributed by atoms with E-state index < -0.39 is 5.97 Å². The summed E-state index contributed by atoms with van der Waals surface area (Å²) in [6.07, 6.45) is 12.3. The summed E-state index contributed by atoms with van der Waals surface area (Å²) in [5.74, 6) is -0.913. The number of rotatable bonds is 5. The Morgan fingerprint density at radius 1 is 1.25 bits per heavy atom. The van der Waals surface area contributed by atoms with Gasteiger partial charge in [0, 0.05) is 6.08 Å². The first-order valence-electron chi connectivity index (χ1n) is 3.98. The van der Waals surface area contributed by atoms with Crippen LogP contribution in [0.1, 0.15) is 19.8 Å². The Bertz CT molecular complexity index is 200. The summed E-state index contributed by atoms with van der Waals surface area (Å²) in [7, 11) is 0. The fraction of sp³-hybridized carbons (Fsp3) is 0.300. The first kappa shape index (κ1) is 10.7. The summed E-state index contributed by atoms with van der Waals surface area (Å²) in [6, 6.07) is 0. The van der Waals surface area contributed by atoms with Crippen LogP contribution in [0, 0.1) is 0 Å². The quantitative estimate of drug-likeness (QED) is 0.387. The van der Waals surface area contributed by atoms with Crippen LogP contribution in [-0.4, -0.2) is 11.1 Å². The molecule has 0 aromatic carbocycles. The molecule has 0 aliphatic carbocycles. The van der Waals surface area contributed by atoms with Gasteiger partial charge in [0.15, 0.2) is 0 Å². The van der Waals surface area contributed by atoms with E-state index in [0.717, 1.165) is 18.9 Å². The molecule has 0 saturated carbocycles. The fourth-order valence-corrected chi connectivity index (χ4v) is 0.636. The van der Waals surface area contributed by atoms with E-state index in [1.54, 1.807) is 6.08 Å². The Labute approximate surface area is 72.9 Å². The summed E-state index contributed by atoms with van der Waals surface area (Å²) in [5.41, 5.74) is 0. The Morgan fingerprint density at radius 2 is 2.00 bits per heavy atom. The predicted molar refractivity (Wildman–Crippen MR) is 50.0 cm³/mol. The van der Waals surface area contributed by atoms with Crippen LogP contribution in [0.25, 0.3) is 0 Å². The molecule has 12 heavy (non-hydrogen) atoms. The molecule has 2 heteroatoms. The molecular weight excluding hydrogens is 152 g/mol. The summed E-state index contributed by atoms with van der Waals surface area (Å²) in [4.78, 5) is 10.00. The molecule has 0 heterocycles. The largest absolute Gasteiger partial charge is 0.478 e. The van der Waals surface area contributed by atoms with E-state index in [4.69, 9.17) is 5.11 Å². The van der Waals surface area contributed by atoms with Gasteiger partial charge in [-0.1, -0.05) is 37.3 Å². The lowest BCUT2D eigenvalue weighted by Crippen LogP contribution is -1.84. The zero-order chi connectivity index (χ0) is 9.23. The van der Waals surface area contributed by atoms with Crippen LogP contribution in [0.2, 0.25) is 0 Å². The number of carboxylic acid groups (broad SMARTS) is 1. The Balaban J connectivity index is 3.50. The molecule has 0 atom stereocenters. The van der Waals surface area contributed by atoms with Crippen LogP contribution in [-0.2, 0) is 4.79 Å². The van der Waals surface area contributed by atoms with Gasteiger partial charge in [-0.2, -0.15) is 0 Å². The van der Waals surface area contributed by atoms with Crippen molar-refractivity contribution in [2.75, 3.05) is 0 Å². The van der Waals surface area contributed by atoms with Crippen molar-refractivity contribution < 1.29 is 9.90 Å². The first-order chi connectivity index (χ1) is 5.77. The summed E-state index contributed by atoms with van der Waals surface area (Å²) in [5, 5.41) is 8.22. The molecule has 0 aromatic rings. The molecule has 0 aliphatic heterocycles. The van der Waals surface area contributed by atoms with Crippen molar-refractivity contribution in [3.63, 3.8) is 0 Å². The number of hydrogen-bond acceptors (Lipinski definition) is 1. The van der Waals surface area contributed by atoms with Crippen molar-refractivity contribution in [1.82, 2.24) is 0 Å². The Hall–Kier alpha value is -1.31. The van der Waals surface area contributed by atoms with Crippen molar-refractivity contribution in [3.05, 3.63) is 36.5 Å². The highest BCUT2D eigenvalue weighted by Crippen LogP contribution is 1.88. The van der Waals surface area contributed by atoms with Crippen molar-refractivity contribution >= 4 is 5.97 Å². The van der Waals surface area contributed by atoms with Crippen LogP contribution >= 0.6 is 0 Å². The fourth-order valence-electron chi connectivity index (χ4n) is 0.636. The molecule has 66 valence electrons. The van der Waals surface area contributed by atoms with Gasteiger partial charge in [0.05, 0.1) is 0 Å². The van der Waals surface area contributed by atoms with Crippen LogP contribution < -0.4 is 0 Å². The number of carbonyl (C=O) groups is 1. The smallest absolute Gasteiger partial charge is 0.328 e. The molecule has 1 N–H and O–H groups in total. The topological polar surface area (TPSA) is 37.3 Å². The van der Waals surface area contributed by atoms with Gasteiger partial charge in [0.1, 0.15) is 0 Å². The molecule has 0 aromatic heterocycles. The van der Waals surface area contributed by atoms with Gasteiger partial charge in [-0.25, -0.2) is 4.79 Å². The van der Waals surface area contributed by atoms with Gasteiger partial charge in [0.2, 0.25) is 0 Å². The van der Waals surface area contributed by atoms with Crippen LogP contribution in [0.4, 0.5) is 0 Å². The molecule has 0 unspecified atom stereocenters. The molecule has 2 nitrogen and oxygen atoms in total. The van der Waals surface area contributed by atoms with Crippen molar-refractivity contribution in [2.45, 2.75) is 19.8 Å². The monoisotopic (exact) mass is 166 g/mol. The lowest BCUT2D eigenvalue weighted by molar-refractivity contribution is -0.131. The lowest BCUT2D eigenvalue weighted by Gasteiger charge is -1.79. The third kappa shape index (κ3) is 8.69. The minimum atomic E-state index is -0.913. The van der Waals surface area contributed by atoms with Gasteiger partial charge < -0.3 is 5.11 Å². The third-order valence-corrected chi connectivity index (χ3v) is 1.16. The maximum atomic E-state index is 10.00. The third-order valence-electron chi connectivity index (χ3n) is 1.16. The highest BCUT2D eigenvalue weighted by atomic mass is 16.4. The minimum absolute atomic E-state index is 0.859. The van der Waals surface area contributed by atoms with Crippen molar-refractivity contribution in [3.8, 4) is 0 Å². The summed E-state index contributed by atoms with van der Waals surface area (Å²) in [6.45, 7) is 2.07. The zero-order valence-electron chi connectivity index (χ0n) is 7.23. The number of aliphatic carboxylic acids is 1. The Kier molecular flexibility index (Phi) is 6.94. The van der Waals surface area contributed by atoms with E-state index in [9.17, 15) is 4.79 Å². The van der Waals surface area contributed by atoms with E-state index in [-0.39, 0.29) is 0 Å².